The fourth-order valence-electron chi connectivity index (χ4n) is 2.26. The highest BCUT2D eigenvalue weighted by Crippen LogP contribution is 2.48. The Bertz CT molecular complexity index is 457. The molecule has 0 bridgehead atoms. The highest BCUT2D eigenvalue weighted by atomic mass is 79.9. The molecule has 0 aliphatic heterocycles. The summed E-state index contributed by atoms with van der Waals surface area (Å²) in [5.74, 6) is -0.479. The number of halogens is 2. The average molecular weight is 314 g/mol. The van der Waals surface area contributed by atoms with E-state index in [4.69, 9.17) is 0 Å². The van der Waals surface area contributed by atoms with Crippen molar-refractivity contribution in [2.45, 2.75) is 32.6 Å². The molecule has 1 fully saturated rings. The van der Waals surface area contributed by atoms with Gasteiger partial charge in [0.2, 0.25) is 0 Å². The first-order valence-electron chi connectivity index (χ1n) is 6.29. The molecule has 98 valence electrons. The predicted molar refractivity (Wildman–Crippen MR) is 73.0 cm³/mol. The molecule has 1 aromatic rings. The van der Waals surface area contributed by atoms with Gasteiger partial charge in [-0.25, -0.2) is 4.39 Å². The van der Waals surface area contributed by atoms with Gasteiger partial charge < -0.3 is 5.32 Å². The van der Waals surface area contributed by atoms with E-state index in [9.17, 15) is 9.18 Å². The van der Waals surface area contributed by atoms with Crippen molar-refractivity contribution in [2.75, 3.05) is 6.54 Å². The summed E-state index contributed by atoms with van der Waals surface area (Å²) in [7, 11) is 0. The van der Waals surface area contributed by atoms with Crippen LogP contribution in [0.15, 0.2) is 22.7 Å². The first-order valence-corrected chi connectivity index (χ1v) is 7.09. The third-order valence-electron chi connectivity index (χ3n) is 3.54. The van der Waals surface area contributed by atoms with E-state index in [0.717, 1.165) is 19.4 Å². The molecule has 0 unspecified atom stereocenters. The van der Waals surface area contributed by atoms with E-state index >= 15 is 0 Å². The summed E-state index contributed by atoms with van der Waals surface area (Å²) in [5.41, 5.74) is 0.820. The van der Waals surface area contributed by atoms with Crippen LogP contribution in [0, 0.1) is 11.2 Å². The maximum Gasteiger partial charge on any atom is 0.252 e. The predicted octanol–water partition coefficient (Wildman–Crippen LogP) is 3.90. The second kappa shape index (κ2) is 5.39. The highest BCUT2D eigenvalue weighted by Gasteiger charge is 2.41. The Balaban J connectivity index is 1.96. The van der Waals surface area contributed by atoms with Crippen molar-refractivity contribution in [2.24, 2.45) is 5.41 Å². The van der Waals surface area contributed by atoms with Crippen LogP contribution in [0.25, 0.3) is 0 Å². The van der Waals surface area contributed by atoms with Crippen LogP contribution >= 0.6 is 15.9 Å². The van der Waals surface area contributed by atoms with Crippen molar-refractivity contribution in [1.29, 1.82) is 0 Å². The minimum atomic E-state index is -0.344. The highest BCUT2D eigenvalue weighted by molar-refractivity contribution is 9.10. The van der Waals surface area contributed by atoms with Crippen molar-refractivity contribution in [1.82, 2.24) is 5.32 Å². The molecule has 0 aromatic heterocycles. The van der Waals surface area contributed by atoms with E-state index < -0.39 is 0 Å². The third kappa shape index (κ3) is 3.10. The second-order valence-corrected chi connectivity index (χ2v) is 5.91. The van der Waals surface area contributed by atoms with Crippen molar-refractivity contribution >= 4 is 21.8 Å². The van der Waals surface area contributed by atoms with Crippen molar-refractivity contribution in [3.05, 3.63) is 34.1 Å². The van der Waals surface area contributed by atoms with Gasteiger partial charge in [0.05, 0.1) is 5.56 Å². The van der Waals surface area contributed by atoms with Gasteiger partial charge in [0.1, 0.15) is 5.82 Å². The summed E-state index contributed by atoms with van der Waals surface area (Å²) >= 11 is 3.21. The quantitative estimate of drug-likeness (QED) is 0.877. The molecule has 1 amide bonds. The maximum absolute atomic E-state index is 12.9. The first-order chi connectivity index (χ1) is 8.56. The molecule has 0 atom stereocenters. The fraction of sp³-hybridized carbons (Fsp3) is 0.500. The average Bonchev–Trinajstić information content (AvgIpc) is 3.07. The van der Waals surface area contributed by atoms with E-state index in [-0.39, 0.29) is 11.7 Å². The van der Waals surface area contributed by atoms with Gasteiger partial charge in [-0.15, -0.1) is 0 Å². The minimum absolute atomic E-state index is 0.135. The van der Waals surface area contributed by atoms with Gasteiger partial charge in [-0.05, 0) is 58.8 Å². The SMILES string of the molecule is CCCC1(CNC(=O)c2ccc(F)cc2Br)CC1. The number of benzene rings is 1. The number of nitrogens with one attached hydrogen (secondary N) is 1. The third-order valence-corrected chi connectivity index (χ3v) is 4.19. The largest absolute Gasteiger partial charge is 0.351 e. The lowest BCUT2D eigenvalue weighted by Crippen LogP contribution is -2.30. The standard InChI is InChI=1S/C14H17BrFNO/c1-2-5-14(6-7-14)9-17-13(18)11-4-3-10(16)8-12(11)15/h3-4,8H,2,5-7,9H2,1H3,(H,17,18). The van der Waals surface area contributed by atoms with Gasteiger partial charge in [-0.1, -0.05) is 13.3 Å². The zero-order chi connectivity index (χ0) is 13.2. The van der Waals surface area contributed by atoms with Crippen LogP contribution in [0.2, 0.25) is 0 Å². The molecule has 1 N–H and O–H groups in total. The number of hydrogen-bond acceptors (Lipinski definition) is 1. The Morgan fingerprint density at radius 3 is 2.78 bits per heavy atom. The zero-order valence-electron chi connectivity index (χ0n) is 10.4. The van der Waals surface area contributed by atoms with E-state index in [2.05, 4.69) is 28.2 Å². The van der Waals surface area contributed by atoms with Crippen LogP contribution in [-0.2, 0) is 0 Å². The topological polar surface area (TPSA) is 29.1 Å². The maximum atomic E-state index is 12.9. The first kappa shape index (κ1) is 13.5. The number of amides is 1. The monoisotopic (exact) mass is 313 g/mol. The molecule has 2 nitrogen and oxygen atoms in total. The van der Waals surface area contributed by atoms with Gasteiger partial charge in [0, 0.05) is 11.0 Å². The Morgan fingerprint density at radius 1 is 1.50 bits per heavy atom. The molecule has 1 aliphatic carbocycles. The van der Waals surface area contributed by atoms with Gasteiger partial charge >= 0.3 is 0 Å². The number of hydrogen-bond donors (Lipinski definition) is 1. The van der Waals surface area contributed by atoms with Gasteiger partial charge in [0.15, 0.2) is 0 Å². The van der Waals surface area contributed by atoms with E-state index in [1.165, 1.54) is 31.0 Å². The Hall–Kier alpha value is -0.900. The van der Waals surface area contributed by atoms with Crippen LogP contribution in [0.1, 0.15) is 43.0 Å². The molecule has 1 aliphatic rings. The molecular formula is C14H17BrFNO. The number of carbonyl (C=O) groups excluding carboxylic acids is 1. The summed E-state index contributed by atoms with van der Waals surface area (Å²) in [4.78, 5) is 12.0. The Labute approximate surface area is 115 Å². The summed E-state index contributed by atoms with van der Waals surface area (Å²) in [6, 6.07) is 4.13. The van der Waals surface area contributed by atoms with Gasteiger partial charge in [-0.2, -0.15) is 0 Å². The van der Waals surface area contributed by atoms with Crippen molar-refractivity contribution in [3.63, 3.8) is 0 Å². The summed E-state index contributed by atoms with van der Waals surface area (Å²) in [5, 5.41) is 2.96. The van der Waals surface area contributed by atoms with Crippen LogP contribution < -0.4 is 5.32 Å². The van der Waals surface area contributed by atoms with Gasteiger partial charge in [0.25, 0.3) is 5.91 Å². The Morgan fingerprint density at radius 2 is 2.22 bits per heavy atom. The summed E-state index contributed by atoms with van der Waals surface area (Å²) < 4.78 is 13.4. The smallest absolute Gasteiger partial charge is 0.252 e. The Kier molecular flexibility index (Phi) is 4.05. The normalized spacial score (nSPS) is 16.4. The van der Waals surface area contributed by atoms with Crippen LogP contribution in [0.4, 0.5) is 4.39 Å². The molecule has 1 saturated carbocycles. The van der Waals surface area contributed by atoms with E-state index in [1.54, 1.807) is 0 Å². The van der Waals surface area contributed by atoms with E-state index in [1.807, 2.05) is 0 Å². The van der Waals surface area contributed by atoms with Crippen LogP contribution in [0.5, 0.6) is 0 Å². The molecule has 18 heavy (non-hydrogen) atoms. The molecule has 4 heteroatoms. The minimum Gasteiger partial charge on any atom is -0.351 e. The lowest BCUT2D eigenvalue weighted by molar-refractivity contribution is 0.0943. The molecular weight excluding hydrogens is 297 g/mol. The number of carbonyl (C=O) groups is 1. The van der Waals surface area contributed by atoms with E-state index in [0.29, 0.717) is 15.5 Å². The molecule has 0 spiro atoms. The summed E-state index contributed by atoms with van der Waals surface area (Å²) in [6.07, 6.45) is 4.71. The lowest BCUT2D eigenvalue weighted by Gasteiger charge is -2.15. The van der Waals surface area contributed by atoms with Crippen molar-refractivity contribution < 1.29 is 9.18 Å². The van der Waals surface area contributed by atoms with Crippen molar-refractivity contribution in [3.8, 4) is 0 Å². The van der Waals surface area contributed by atoms with Crippen LogP contribution in [0.3, 0.4) is 0 Å². The fourth-order valence-corrected chi connectivity index (χ4v) is 2.79. The second-order valence-electron chi connectivity index (χ2n) is 5.06. The number of rotatable bonds is 5. The molecule has 0 heterocycles. The molecule has 2 rings (SSSR count). The zero-order valence-corrected chi connectivity index (χ0v) is 12.0. The summed E-state index contributed by atoms with van der Waals surface area (Å²) in [6.45, 7) is 2.89. The molecule has 0 radical (unpaired) electrons. The molecule has 0 saturated heterocycles. The van der Waals surface area contributed by atoms with Gasteiger partial charge in [-0.3, -0.25) is 4.79 Å². The van der Waals surface area contributed by atoms with Crippen LogP contribution in [-0.4, -0.2) is 12.5 Å². The molecule has 1 aromatic carbocycles. The lowest BCUT2D eigenvalue weighted by atomic mass is 10.0.